The number of nitrogens with one attached hydrogen (secondary N) is 2. The first-order valence-corrected chi connectivity index (χ1v) is 8.00. The van der Waals surface area contributed by atoms with Crippen LogP contribution < -0.4 is 15.8 Å². The maximum absolute atomic E-state index is 12.3. The van der Waals surface area contributed by atoms with Crippen LogP contribution in [0.3, 0.4) is 0 Å². The first kappa shape index (κ1) is 17.5. The molecule has 0 aromatic heterocycles. The van der Waals surface area contributed by atoms with Crippen molar-refractivity contribution in [2.45, 2.75) is 25.2 Å². The second kappa shape index (κ2) is 6.55. The number of nitrogen functional groups attached to an aromatic ring is 1. The number of nitrogens with two attached hydrogens (primary N) is 1. The Morgan fingerprint density at radius 1 is 1.32 bits per heavy atom. The van der Waals surface area contributed by atoms with Gasteiger partial charge in [-0.15, -0.1) is 13.2 Å². The molecule has 2 bridgehead atoms. The number of nitrogens with zero attached hydrogens (tertiary/aromatic N) is 1. The Morgan fingerprint density at radius 3 is 2.52 bits per heavy atom. The highest BCUT2D eigenvalue weighted by Crippen LogP contribution is 2.28. The fourth-order valence-corrected chi connectivity index (χ4v) is 3.46. The van der Waals surface area contributed by atoms with Gasteiger partial charge in [0, 0.05) is 29.9 Å². The highest BCUT2D eigenvalue weighted by Gasteiger charge is 2.35. The maximum atomic E-state index is 12.3. The normalized spacial score (nSPS) is 25.5. The molecule has 0 unspecified atom stereocenters. The molecule has 0 radical (unpaired) electrons. The number of fused-ring (bicyclic) bond motifs is 3. The summed E-state index contributed by atoms with van der Waals surface area (Å²) in [5.74, 6) is -0.657. The van der Waals surface area contributed by atoms with Crippen molar-refractivity contribution in [2.24, 2.45) is 5.92 Å². The minimum absolute atomic E-state index is 0.00981. The van der Waals surface area contributed by atoms with E-state index in [1.54, 1.807) is 0 Å². The molecule has 9 heteroatoms. The lowest BCUT2D eigenvalue weighted by Gasteiger charge is -2.44. The number of alkyl halides is 3. The molecule has 0 spiro atoms. The summed E-state index contributed by atoms with van der Waals surface area (Å²) in [5, 5.41) is 10.9. The molecule has 1 aromatic carbocycles. The number of hydrogen-bond acceptors (Lipinski definition) is 5. The lowest BCUT2D eigenvalue weighted by atomic mass is 9.84. The maximum Gasteiger partial charge on any atom is 0.573 e. The second-order valence-corrected chi connectivity index (χ2v) is 6.39. The van der Waals surface area contributed by atoms with Gasteiger partial charge in [0.05, 0.1) is 0 Å². The van der Waals surface area contributed by atoms with Crippen LogP contribution in [0.15, 0.2) is 18.2 Å². The molecule has 3 heterocycles. The van der Waals surface area contributed by atoms with Crippen molar-refractivity contribution >= 4 is 17.3 Å². The smallest absolute Gasteiger partial charge is 0.406 e. The van der Waals surface area contributed by atoms with Crippen LogP contribution in [0.2, 0.25) is 0 Å². The van der Waals surface area contributed by atoms with Gasteiger partial charge < -0.3 is 20.7 Å². The highest BCUT2D eigenvalue weighted by molar-refractivity contribution is 6.45. The highest BCUT2D eigenvalue weighted by atomic mass is 19.4. The van der Waals surface area contributed by atoms with Crippen LogP contribution in [0.4, 0.5) is 18.9 Å². The van der Waals surface area contributed by atoms with E-state index in [-0.39, 0.29) is 23.0 Å². The second-order valence-electron chi connectivity index (χ2n) is 6.39. The largest absolute Gasteiger partial charge is 0.573 e. The molecule has 3 aliphatic rings. The van der Waals surface area contributed by atoms with Gasteiger partial charge in [-0.3, -0.25) is 10.2 Å². The van der Waals surface area contributed by atoms with Crippen molar-refractivity contribution in [1.29, 1.82) is 5.41 Å². The van der Waals surface area contributed by atoms with Crippen molar-refractivity contribution in [1.82, 2.24) is 10.2 Å². The molecule has 1 amide bonds. The zero-order valence-electron chi connectivity index (χ0n) is 13.4. The minimum Gasteiger partial charge on any atom is -0.406 e. The quantitative estimate of drug-likeness (QED) is 0.566. The van der Waals surface area contributed by atoms with Crippen LogP contribution in [0, 0.1) is 11.3 Å². The number of amides is 1. The standard InChI is InChI=1S/C16H19F3N4O2/c17-16(18,19)25-10-1-2-11(12(20)7-10)14(21)15(24)22-13-8-23-5-3-9(13)4-6-23/h1-2,7,9,13,21H,3-6,8,20H2,(H,22,24)/t13-/m1/s1. The Hall–Kier alpha value is -2.29. The fraction of sp³-hybridized carbons (Fsp3) is 0.500. The number of halogens is 3. The number of carbonyl (C=O) groups excluding carboxylic acids is 1. The van der Waals surface area contributed by atoms with E-state index >= 15 is 0 Å². The fourth-order valence-electron chi connectivity index (χ4n) is 3.46. The van der Waals surface area contributed by atoms with E-state index in [0.29, 0.717) is 5.92 Å². The third kappa shape index (κ3) is 4.04. The van der Waals surface area contributed by atoms with E-state index in [0.717, 1.165) is 44.6 Å². The van der Waals surface area contributed by atoms with Gasteiger partial charge in [0.25, 0.3) is 5.91 Å². The first-order valence-electron chi connectivity index (χ1n) is 8.00. The molecule has 6 nitrogen and oxygen atoms in total. The predicted octanol–water partition coefficient (Wildman–Crippen LogP) is 1.75. The van der Waals surface area contributed by atoms with Crippen molar-refractivity contribution in [3.05, 3.63) is 23.8 Å². The average molecular weight is 356 g/mol. The van der Waals surface area contributed by atoms with Crippen LogP contribution in [0.5, 0.6) is 5.75 Å². The molecule has 3 aliphatic heterocycles. The number of benzene rings is 1. The molecule has 136 valence electrons. The van der Waals surface area contributed by atoms with Crippen LogP contribution in [-0.2, 0) is 4.79 Å². The SMILES string of the molecule is N=C(C(=O)N[C@@H]1CN2CCC1CC2)c1ccc(OC(F)(F)F)cc1N. The molecule has 4 rings (SSSR count). The summed E-state index contributed by atoms with van der Waals surface area (Å²) in [6.45, 7) is 2.82. The number of piperidine rings is 3. The van der Waals surface area contributed by atoms with E-state index < -0.39 is 18.0 Å². The van der Waals surface area contributed by atoms with Gasteiger partial charge in [0.15, 0.2) is 0 Å². The minimum atomic E-state index is -4.82. The Kier molecular flexibility index (Phi) is 4.59. The van der Waals surface area contributed by atoms with Gasteiger partial charge in [0.1, 0.15) is 11.5 Å². The molecule has 4 N–H and O–H groups in total. The van der Waals surface area contributed by atoms with Crippen LogP contribution in [-0.4, -0.2) is 48.6 Å². The summed E-state index contributed by atoms with van der Waals surface area (Å²) < 4.78 is 40.4. The zero-order valence-corrected chi connectivity index (χ0v) is 13.4. The Labute approximate surface area is 142 Å². The number of carbonyl (C=O) groups is 1. The third-order valence-corrected chi connectivity index (χ3v) is 4.73. The van der Waals surface area contributed by atoms with E-state index in [1.165, 1.54) is 6.07 Å². The number of hydrogen-bond donors (Lipinski definition) is 3. The molecule has 25 heavy (non-hydrogen) atoms. The topological polar surface area (TPSA) is 91.4 Å². The Balaban J connectivity index is 1.67. The van der Waals surface area contributed by atoms with Crippen molar-refractivity contribution in [3.63, 3.8) is 0 Å². The van der Waals surface area contributed by atoms with Crippen molar-refractivity contribution < 1.29 is 22.7 Å². The summed E-state index contributed by atoms with van der Waals surface area (Å²) in [5.41, 5.74) is 5.29. The molecule has 0 aliphatic carbocycles. The Morgan fingerprint density at radius 2 is 2.00 bits per heavy atom. The Bertz CT molecular complexity index is 684. The summed E-state index contributed by atoms with van der Waals surface area (Å²) in [6, 6.07) is 3.17. The molecule has 1 aromatic rings. The number of rotatable bonds is 4. The van der Waals surface area contributed by atoms with E-state index in [9.17, 15) is 18.0 Å². The van der Waals surface area contributed by atoms with Crippen molar-refractivity contribution in [3.8, 4) is 5.75 Å². The van der Waals surface area contributed by atoms with Gasteiger partial charge in [0.2, 0.25) is 0 Å². The van der Waals surface area contributed by atoms with Gasteiger partial charge in [-0.05, 0) is 44.0 Å². The molecule has 3 fully saturated rings. The van der Waals surface area contributed by atoms with Gasteiger partial charge in [-0.25, -0.2) is 0 Å². The third-order valence-electron chi connectivity index (χ3n) is 4.73. The van der Waals surface area contributed by atoms with Gasteiger partial charge >= 0.3 is 6.36 Å². The molecular formula is C16H19F3N4O2. The van der Waals surface area contributed by atoms with E-state index in [1.807, 2.05) is 0 Å². The average Bonchev–Trinajstić information content (AvgIpc) is 2.54. The van der Waals surface area contributed by atoms with Crippen LogP contribution in [0.25, 0.3) is 0 Å². The summed E-state index contributed by atoms with van der Waals surface area (Å²) in [6.07, 6.45) is -2.79. The van der Waals surface area contributed by atoms with Gasteiger partial charge in [-0.2, -0.15) is 0 Å². The molecule has 1 atom stereocenters. The monoisotopic (exact) mass is 356 g/mol. The zero-order chi connectivity index (χ0) is 18.2. The lowest BCUT2D eigenvalue weighted by molar-refractivity contribution is -0.274. The predicted molar refractivity (Wildman–Crippen MR) is 85.5 cm³/mol. The number of anilines is 1. The van der Waals surface area contributed by atoms with E-state index in [4.69, 9.17) is 11.1 Å². The van der Waals surface area contributed by atoms with Crippen molar-refractivity contribution in [2.75, 3.05) is 25.4 Å². The van der Waals surface area contributed by atoms with E-state index in [2.05, 4.69) is 15.0 Å². The molecular weight excluding hydrogens is 337 g/mol. The summed E-state index contributed by atoms with van der Waals surface area (Å²) in [7, 11) is 0. The first-order chi connectivity index (χ1) is 11.7. The van der Waals surface area contributed by atoms with Crippen LogP contribution in [0.1, 0.15) is 18.4 Å². The lowest BCUT2D eigenvalue weighted by Crippen LogP contribution is -2.58. The van der Waals surface area contributed by atoms with Gasteiger partial charge in [-0.1, -0.05) is 0 Å². The summed E-state index contributed by atoms with van der Waals surface area (Å²) >= 11 is 0. The summed E-state index contributed by atoms with van der Waals surface area (Å²) in [4.78, 5) is 14.6. The number of ether oxygens (including phenoxy) is 1. The molecule has 3 saturated heterocycles. The molecule has 0 saturated carbocycles. The van der Waals surface area contributed by atoms with Crippen LogP contribution >= 0.6 is 0 Å².